The molecule has 28 heavy (non-hydrogen) atoms. The Labute approximate surface area is 170 Å². The van der Waals surface area contributed by atoms with Gasteiger partial charge in [-0.1, -0.05) is 45.0 Å². The van der Waals surface area contributed by atoms with Crippen molar-refractivity contribution in [1.29, 1.82) is 0 Å². The quantitative estimate of drug-likeness (QED) is 0.355. The van der Waals surface area contributed by atoms with Crippen molar-refractivity contribution in [2.45, 2.75) is 33.1 Å². The van der Waals surface area contributed by atoms with Gasteiger partial charge in [0.05, 0.1) is 12.8 Å². The Balaban J connectivity index is 1.75. The number of aromatic nitrogens is 3. The number of H-pyrrole nitrogens is 1. The molecule has 2 aromatic carbocycles. The monoisotopic (exact) mass is 395 g/mol. The van der Waals surface area contributed by atoms with Gasteiger partial charge in [0, 0.05) is 5.56 Å². The average Bonchev–Trinajstić information content (AvgIpc) is 3.03. The minimum Gasteiger partial charge on any atom is -0.494 e. The van der Waals surface area contributed by atoms with E-state index in [0.717, 1.165) is 16.9 Å². The van der Waals surface area contributed by atoms with Crippen LogP contribution in [0.25, 0.3) is 11.4 Å². The summed E-state index contributed by atoms with van der Waals surface area (Å²) in [4.78, 5) is 0. The second-order valence-electron chi connectivity index (χ2n) is 7.38. The lowest BCUT2D eigenvalue weighted by molar-refractivity contribution is 0.340. The van der Waals surface area contributed by atoms with E-state index in [-0.39, 0.29) is 5.41 Å². The molecule has 0 saturated carbocycles. The molecule has 0 unspecified atom stereocenters. The zero-order valence-electron chi connectivity index (χ0n) is 16.6. The number of ether oxygens (including phenoxy) is 1. The Hall–Kier alpha value is -2.93. The van der Waals surface area contributed by atoms with Gasteiger partial charge >= 0.3 is 0 Å². The van der Waals surface area contributed by atoms with Crippen molar-refractivity contribution in [3.8, 4) is 17.1 Å². The Morgan fingerprint density at radius 2 is 1.82 bits per heavy atom. The summed E-state index contributed by atoms with van der Waals surface area (Å²) < 4.78 is 7.54. The van der Waals surface area contributed by atoms with E-state index in [2.05, 4.69) is 53.7 Å². The third-order valence-corrected chi connectivity index (χ3v) is 4.52. The molecule has 1 aromatic heterocycles. The molecule has 3 aromatic rings. The molecular formula is C21H25N5OS. The highest BCUT2D eigenvalue weighted by atomic mass is 32.1. The smallest absolute Gasteiger partial charge is 0.216 e. The summed E-state index contributed by atoms with van der Waals surface area (Å²) in [5.74, 6) is 1.46. The van der Waals surface area contributed by atoms with Crippen molar-refractivity contribution in [3.63, 3.8) is 0 Å². The van der Waals surface area contributed by atoms with Gasteiger partial charge in [0.25, 0.3) is 0 Å². The van der Waals surface area contributed by atoms with Crippen LogP contribution < -0.4 is 10.3 Å². The molecule has 0 aliphatic heterocycles. The molecule has 0 fully saturated rings. The second kappa shape index (κ2) is 8.39. The summed E-state index contributed by atoms with van der Waals surface area (Å²) >= 11 is 5.31. The maximum atomic E-state index is 5.48. The van der Waals surface area contributed by atoms with Crippen molar-refractivity contribution in [2.75, 3.05) is 12.1 Å². The van der Waals surface area contributed by atoms with Crippen molar-refractivity contribution >= 4 is 18.4 Å². The first-order valence-corrected chi connectivity index (χ1v) is 9.59. The molecule has 7 heteroatoms. The van der Waals surface area contributed by atoms with Crippen molar-refractivity contribution in [1.82, 2.24) is 14.9 Å². The van der Waals surface area contributed by atoms with Gasteiger partial charge in [-0.2, -0.15) is 14.9 Å². The predicted molar refractivity (Wildman–Crippen MR) is 116 cm³/mol. The first-order valence-electron chi connectivity index (χ1n) is 9.19. The molecule has 0 amide bonds. The molecule has 1 heterocycles. The van der Waals surface area contributed by atoms with E-state index in [1.165, 1.54) is 5.56 Å². The fourth-order valence-corrected chi connectivity index (χ4v) is 2.85. The molecule has 0 aliphatic carbocycles. The van der Waals surface area contributed by atoms with Gasteiger partial charge in [0.1, 0.15) is 5.75 Å². The van der Waals surface area contributed by atoms with Crippen LogP contribution in [0.4, 0.5) is 0 Å². The Bertz CT molecular complexity index is 995. The third-order valence-electron chi connectivity index (χ3n) is 4.24. The number of nitrogens with one attached hydrogen (secondary N) is 2. The van der Waals surface area contributed by atoms with Crippen molar-refractivity contribution in [2.24, 2.45) is 5.10 Å². The highest BCUT2D eigenvalue weighted by Crippen LogP contribution is 2.22. The van der Waals surface area contributed by atoms with Gasteiger partial charge in [-0.05, 0) is 59.9 Å². The normalized spacial score (nSPS) is 11.7. The number of benzene rings is 2. The van der Waals surface area contributed by atoms with E-state index in [0.29, 0.717) is 17.2 Å². The molecule has 0 aliphatic rings. The van der Waals surface area contributed by atoms with Gasteiger partial charge < -0.3 is 4.74 Å². The Kier molecular flexibility index (Phi) is 5.94. The zero-order valence-corrected chi connectivity index (χ0v) is 17.4. The van der Waals surface area contributed by atoms with Crippen LogP contribution in [0.1, 0.15) is 38.8 Å². The number of hydrogen-bond donors (Lipinski definition) is 2. The largest absolute Gasteiger partial charge is 0.494 e. The highest BCUT2D eigenvalue weighted by Gasteiger charge is 2.12. The van der Waals surface area contributed by atoms with Crippen LogP contribution in [0.2, 0.25) is 0 Å². The van der Waals surface area contributed by atoms with Crippen LogP contribution in [-0.2, 0) is 5.41 Å². The lowest BCUT2D eigenvalue weighted by atomic mass is 9.87. The summed E-state index contributed by atoms with van der Waals surface area (Å²) in [7, 11) is 0. The second-order valence-corrected chi connectivity index (χ2v) is 7.76. The fourth-order valence-electron chi connectivity index (χ4n) is 2.68. The summed E-state index contributed by atoms with van der Waals surface area (Å²) in [6.07, 6.45) is 1.75. The summed E-state index contributed by atoms with van der Waals surface area (Å²) in [5, 5.41) is 11.4. The number of hydrogen-bond acceptors (Lipinski definition) is 5. The molecule has 0 saturated heterocycles. The van der Waals surface area contributed by atoms with Gasteiger partial charge in [0.15, 0.2) is 5.82 Å². The average molecular weight is 396 g/mol. The standard InChI is InChI=1S/C21H25N5OS/c1-5-27-18-12-8-16(9-13-18)19-23-24-20(28)26(19)25-22-14-15-6-10-17(11-7-15)21(2,3)4/h6-14,25H,5H2,1-4H3,(H,24,28). The summed E-state index contributed by atoms with van der Waals surface area (Å²) in [6, 6.07) is 16.0. The van der Waals surface area contributed by atoms with Crippen LogP contribution in [0.5, 0.6) is 5.75 Å². The van der Waals surface area contributed by atoms with E-state index in [1.807, 2.05) is 43.3 Å². The van der Waals surface area contributed by atoms with Crippen molar-refractivity contribution < 1.29 is 4.74 Å². The van der Waals surface area contributed by atoms with Crippen LogP contribution in [-0.4, -0.2) is 27.7 Å². The first kappa shape index (κ1) is 19.8. The van der Waals surface area contributed by atoms with Crippen LogP contribution >= 0.6 is 12.2 Å². The van der Waals surface area contributed by atoms with Gasteiger partial charge in [-0.3, -0.25) is 0 Å². The van der Waals surface area contributed by atoms with E-state index >= 15 is 0 Å². The lowest BCUT2D eigenvalue weighted by Gasteiger charge is -2.18. The molecule has 146 valence electrons. The van der Waals surface area contributed by atoms with Crippen LogP contribution in [0, 0.1) is 4.77 Å². The van der Waals surface area contributed by atoms with E-state index in [1.54, 1.807) is 10.9 Å². The Morgan fingerprint density at radius 1 is 1.14 bits per heavy atom. The third kappa shape index (κ3) is 4.67. The minimum absolute atomic E-state index is 0.129. The maximum absolute atomic E-state index is 5.48. The molecule has 0 spiro atoms. The van der Waals surface area contributed by atoms with Gasteiger partial charge in [0.2, 0.25) is 4.77 Å². The molecular weight excluding hydrogens is 370 g/mol. The van der Waals surface area contributed by atoms with Crippen LogP contribution in [0.15, 0.2) is 53.6 Å². The fraction of sp³-hybridized carbons (Fsp3) is 0.286. The number of aromatic amines is 1. The maximum Gasteiger partial charge on any atom is 0.216 e. The van der Waals surface area contributed by atoms with Crippen LogP contribution in [0.3, 0.4) is 0 Å². The van der Waals surface area contributed by atoms with E-state index in [4.69, 9.17) is 17.0 Å². The molecule has 6 nitrogen and oxygen atoms in total. The van der Waals surface area contributed by atoms with Gasteiger partial charge in [-0.25, -0.2) is 10.6 Å². The number of nitrogens with zero attached hydrogens (tertiary/aromatic N) is 3. The molecule has 0 atom stereocenters. The molecule has 2 N–H and O–H groups in total. The van der Waals surface area contributed by atoms with Gasteiger partial charge in [-0.15, -0.1) is 0 Å². The minimum atomic E-state index is 0.129. The first-order chi connectivity index (χ1) is 13.4. The Morgan fingerprint density at radius 3 is 2.43 bits per heavy atom. The summed E-state index contributed by atoms with van der Waals surface area (Å²) in [6.45, 7) is 9.17. The molecule has 0 radical (unpaired) electrons. The lowest BCUT2D eigenvalue weighted by Crippen LogP contribution is -2.11. The highest BCUT2D eigenvalue weighted by molar-refractivity contribution is 7.71. The SMILES string of the molecule is CCOc1ccc(-c2n[nH]c(=S)n2NN=Cc2ccc(C(C)(C)C)cc2)cc1. The summed E-state index contributed by atoms with van der Waals surface area (Å²) in [5.41, 5.74) is 6.26. The molecule has 3 rings (SSSR count). The van der Waals surface area contributed by atoms with Crippen molar-refractivity contribution in [3.05, 3.63) is 64.4 Å². The number of hydrazone groups is 1. The topological polar surface area (TPSA) is 67.2 Å². The van der Waals surface area contributed by atoms with E-state index < -0.39 is 0 Å². The number of rotatable bonds is 6. The molecule has 0 bridgehead atoms. The zero-order chi connectivity index (χ0) is 20.1. The van der Waals surface area contributed by atoms with E-state index in [9.17, 15) is 0 Å². The predicted octanol–water partition coefficient (Wildman–Crippen LogP) is 4.88.